The van der Waals surface area contributed by atoms with Gasteiger partial charge in [0.05, 0.1) is 30.2 Å². The molecule has 0 spiro atoms. The van der Waals surface area contributed by atoms with Gasteiger partial charge >= 0.3 is 0 Å². The molecule has 3 aliphatic rings. The summed E-state index contributed by atoms with van der Waals surface area (Å²) in [6, 6.07) is 8.85. The summed E-state index contributed by atoms with van der Waals surface area (Å²) in [5, 5.41) is 19.8. The SMILES string of the molecule is C=CC1=C(C)c2cc3nc(c(C)c4cc(C)c(cc5[nH]c(cc1n2)c(C)c5CC)[nH]4)[C@@H](CCCS[C@H]1C[C@@H](O)C[C@@H](CO)O1)[C@@H]3C. The minimum Gasteiger partial charge on any atom is -0.394 e. The number of nitrogens with one attached hydrogen (secondary N) is 2. The van der Waals surface area contributed by atoms with Gasteiger partial charge in [0.25, 0.3) is 0 Å². The van der Waals surface area contributed by atoms with Crippen molar-refractivity contribution in [1.82, 2.24) is 19.9 Å². The summed E-state index contributed by atoms with van der Waals surface area (Å²) in [5.74, 6) is 1.42. The number of fused-ring (bicyclic) bond motifs is 8. The Hall–Kier alpha value is -3.17. The number of aromatic amines is 2. The first kappa shape index (κ1) is 32.8. The van der Waals surface area contributed by atoms with Gasteiger partial charge in [0.15, 0.2) is 0 Å². The summed E-state index contributed by atoms with van der Waals surface area (Å²) in [5.41, 5.74) is 15.5. The summed E-state index contributed by atoms with van der Waals surface area (Å²) in [6.07, 6.45) is 5.28. The third-order valence-corrected chi connectivity index (χ3v) is 11.4. The highest BCUT2D eigenvalue weighted by molar-refractivity contribution is 7.99. The average Bonchev–Trinajstić information content (AvgIpc) is 3.73. The van der Waals surface area contributed by atoms with Crippen LogP contribution in [0.5, 0.6) is 0 Å². The van der Waals surface area contributed by atoms with Crippen molar-refractivity contribution in [3.8, 4) is 0 Å². The predicted octanol–water partition coefficient (Wildman–Crippen LogP) is 8.18. The zero-order chi connectivity index (χ0) is 32.7. The van der Waals surface area contributed by atoms with Gasteiger partial charge in [-0.05, 0) is 105 Å². The van der Waals surface area contributed by atoms with Crippen molar-refractivity contribution in [2.75, 3.05) is 12.4 Å². The number of ether oxygens (including phenoxy) is 1. The standard InChI is InChI=1S/C38H48N4O3S/c1-8-27-22(5)33-18-36-28(9-2)21(4)32(40-36)17-34-23(6)29(11-10-12-46-37-15-25(44)14-26(19-43)45-37)38(42-34)24(7)31-13-20(3)30(39-31)16-35(27)41-33/h9,13,16-18,23,25-26,29,37,39,41,43-44H,2,8,10-12,14-15,19H2,1,3-7H3/t23-,25-,26-,29-,37-/m0/s1. The quantitative estimate of drug-likeness (QED) is 0.185. The number of rotatable bonds is 8. The van der Waals surface area contributed by atoms with Gasteiger partial charge in [0, 0.05) is 63.7 Å². The molecule has 0 amide bonds. The molecule has 244 valence electrons. The number of hydrogen-bond acceptors (Lipinski definition) is 6. The maximum Gasteiger partial charge on any atom is 0.106 e. The molecule has 0 aromatic carbocycles. The van der Waals surface area contributed by atoms with Crippen LogP contribution in [0.15, 0.2) is 36.9 Å². The highest BCUT2D eigenvalue weighted by atomic mass is 32.2. The monoisotopic (exact) mass is 640 g/mol. The Bertz CT molecular complexity index is 1840. The van der Waals surface area contributed by atoms with Crippen molar-refractivity contribution in [3.05, 3.63) is 81.9 Å². The number of H-pyrrole nitrogens is 2. The van der Waals surface area contributed by atoms with Crippen molar-refractivity contribution in [2.24, 2.45) is 0 Å². The lowest BCUT2D eigenvalue weighted by atomic mass is 9.86. The lowest BCUT2D eigenvalue weighted by molar-refractivity contribution is -0.0783. The number of aliphatic hydroxyl groups is 2. The molecule has 0 radical (unpaired) electrons. The van der Waals surface area contributed by atoms with E-state index >= 15 is 0 Å². The van der Waals surface area contributed by atoms with E-state index in [1.165, 1.54) is 22.3 Å². The molecule has 6 heterocycles. The van der Waals surface area contributed by atoms with Gasteiger partial charge in [0.2, 0.25) is 0 Å². The molecule has 5 atom stereocenters. The van der Waals surface area contributed by atoms with Crippen LogP contribution in [0.3, 0.4) is 0 Å². The van der Waals surface area contributed by atoms with E-state index in [0.29, 0.717) is 12.8 Å². The van der Waals surface area contributed by atoms with E-state index in [9.17, 15) is 10.2 Å². The Balaban J connectivity index is 1.44. The Morgan fingerprint density at radius 2 is 1.74 bits per heavy atom. The van der Waals surface area contributed by atoms with E-state index in [4.69, 9.17) is 14.7 Å². The molecule has 0 saturated carbocycles. The smallest absolute Gasteiger partial charge is 0.106 e. The van der Waals surface area contributed by atoms with Crippen LogP contribution in [0, 0.1) is 20.8 Å². The van der Waals surface area contributed by atoms with Gasteiger partial charge in [-0.2, -0.15) is 0 Å². The lowest BCUT2D eigenvalue weighted by Gasteiger charge is -2.32. The molecule has 46 heavy (non-hydrogen) atoms. The van der Waals surface area contributed by atoms with E-state index in [-0.39, 0.29) is 30.0 Å². The summed E-state index contributed by atoms with van der Waals surface area (Å²) >= 11 is 1.75. The minimum atomic E-state index is -0.414. The van der Waals surface area contributed by atoms with Crippen LogP contribution in [0.25, 0.3) is 33.2 Å². The number of hydrogen-bond donors (Lipinski definition) is 4. The number of aliphatic hydroxyl groups excluding tert-OH is 2. The number of aryl methyl sites for hydroxylation is 4. The van der Waals surface area contributed by atoms with Crippen LogP contribution in [0.2, 0.25) is 0 Å². The van der Waals surface area contributed by atoms with Crippen LogP contribution < -0.4 is 0 Å². The number of nitrogens with zero attached hydrogens (tertiary/aromatic N) is 2. The van der Waals surface area contributed by atoms with Crippen LogP contribution in [0.4, 0.5) is 0 Å². The summed E-state index contributed by atoms with van der Waals surface area (Å²) < 4.78 is 6.00. The first-order valence-corrected chi connectivity index (χ1v) is 17.8. The normalized spacial score (nSPS) is 23.3. The highest BCUT2D eigenvalue weighted by Crippen LogP contribution is 2.43. The topological polar surface area (TPSA) is 107 Å². The molecule has 8 bridgehead atoms. The van der Waals surface area contributed by atoms with Gasteiger partial charge in [-0.1, -0.05) is 26.5 Å². The van der Waals surface area contributed by atoms with E-state index < -0.39 is 6.10 Å². The molecule has 7 nitrogen and oxygen atoms in total. The van der Waals surface area contributed by atoms with Crippen LogP contribution >= 0.6 is 11.8 Å². The maximum atomic E-state index is 10.2. The molecule has 6 rings (SSSR count). The van der Waals surface area contributed by atoms with Crippen LogP contribution in [0.1, 0.15) is 103 Å². The van der Waals surface area contributed by atoms with Crippen molar-refractivity contribution >= 4 is 45.0 Å². The highest BCUT2D eigenvalue weighted by Gasteiger charge is 2.32. The van der Waals surface area contributed by atoms with Crippen molar-refractivity contribution in [2.45, 2.75) is 103 Å². The molecule has 3 aromatic heterocycles. The second-order valence-electron chi connectivity index (χ2n) is 13.2. The summed E-state index contributed by atoms with van der Waals surface area (Å²) in [6.45, 7) is 17.3. The van der Waals surface area contributed by atoms with E-state index in [1.807, 2.05) is 6.08 Å². The molecule has 0 aliphatic carbocycles. The number of thioether (sulfide) groups is 1. The Labute approximate surface area is 276 Å². The van der Waals surface area contributed by atoms with E-state index in [2.05, 4.69) is 82.4 Å². The largest absolute Gasteiger partial charge is 0.394 e. The third kappa shape index (κ3) is 6.25. The van der Waals surface area contributed by atoms with E-state index in [1.54, 1.807) is 11.8 Å². The fraction of sp³-hybridized carbons (Fsp3) is 0.474. The van der Waals surface area contributed by atoms with Gasteiger partial charge in [-0.15, -0.1) is 11.8 Å². The Morgan fingerprint density at radius 3 is 2.48 bits per heavy atom. The fourth-order valence-electron chi connectivity index (χ4n) is 7.37. The molecule has 8 heteroatoms. The van der Waals surface area contributed by atoms with Crippen LogP contribution in [-0.2, 0) is 11.2 Å². The molecule has 3 aromatic rings. The van der Waals surface area contributed by atoms with Gasteiger partial charge in [-0.25, -0.2) is 4.98 Å². The van der Waals surface area contributed by atoms with Gasteiger partial charge in [0.1, 0.15) is 5.44 Å². The number of aromatic nitrogens is 4. The zero-order valence-electron chi connectivity index (χ0n) is 28.0. The van der Waals surface area contributed by atoms with Gasteiger partial charge in [-0.3, -0.25) is 4.98 Å². The number of allylic oxidation sites excluding steroid dienone is 3. The van der Waals surface area contributed by atoms with Crippen molar-refractivity contribution in [1.29, 1.82) is 0 Å². The molecular formula is C38H48N4O3S. The Kier molecular flexibility index (Phi) is 9.62. The van der Waals surface area contributed by atoms with Crippen molar-refractivity contribution in [3.63, 3.8) is 0 Å². The van der Waals surface area contributed by atoms with Crippen LogP contribution in [-0.4, -0.2) is 60.2 Å². The molecule has 0 unspecified atom stereocenters. The molecule has 3 aliphatic heterocycles. The average molecular weight is 641 g/mol. The van der Waals surface area contributed by atoms with E-state index in [0.717, 1.165) is 81.0 Å². The lowest BCUT2D eigenvalue weighted by Crippen LogP contribution is -2.36. The first-order chi connectivity index (χ1) is 22.1. The Morgan fingerprint density at radius 1 is 0.978 bits per heavy atom. The molecule has 1 saturated heterocycles. The predicted molar refractivity (Wildman–Crippen MR) is 191 cm³/mol. The zero-order valence-corrected chi connectivity index (χ0v) is 28.9. The summed E-state index contributed by atoms with van der Waals surface area (Å²) in [4.78, 5) is 17.9. The maximum absolute atomic E-state index is 10.2. The second-order valence-corrected chi connectivity index (χ2v) is 14.5. The van der Waals surface area contributed by atoms with Crippen molar-refractivity contribution < 1.29 is 14.9 Å². The fourth-order valence-corrected chi connectivity index (χ4v) is 8.56. The third-order valence-electron chi connectivity index (χ3n) is 10.2. The first-order valence-electron chi connectivity index (χ1n) is 16.7. The second kappa shape index (κ2) is 13.5. The molecule has 1 fully saturated rings. The van der Waals surface area contributed by atoms with Gasteiger partial charge < -0.3 is 24.9 Å². The minimum absolute atomic E-state index is 0.0492. The molecule has 4 N–H and O–H groups in total. The summed E-state index contributed by atoms with van der Waals surface area (Å²) in [7, 11) is 0. The molecular weight excluding hydrogens is 593 g/mol.